The first-order valence-corrected chi connectivity index (χ1v) is 7.42. The molecule has 6 nitrogen and oxygen atoms in total. The van der Waals surface area contributed by atoms with Gasteiger partial charge in [-0.3, -0.25) is 0 Å². The molecule has 3 atom stereocenters. The molecular formula is C14H30N2O4. The van der Waals surface area contributed by atoms with Crippen LogP contribution in [0.3, 0.4) is 0 Å². The van der Waals surface area contributed by atoms with Crippen LogP contribution in [0.5, 0.6) is 0 Å². The second-order valence-corrected chi connectivity index (χ2v) is 5.35. The van der Waals surface area contributed by atoms with E-state index in [0.717, 1.165) is 12.8 Å². The third kappa shape index (κ3) is 7.52. The molecular weight excluding hydrogens is 260 g/mol. The molecule has 120 valence electrons. The van der Waals surface area contributed by atoms with E-state index in [-0.39, 0.29) is 12.4 Å². The van der Waals surface area contributed by atoms with Gasteiger partial charge in [-0.15, -0.1) is 0 Å². The van der Waals surface area contributed by atoms with Crippen molar-refractivity contribution >= 4 is 0 Å². The van der Waals surface area contributed by atoms with Crippen LogP contribution in [0, 0.1) is 0 Å². The minimum atomic E-state index is -0.122. The van der Waals surface area contributed by atoms with Crippen LogP contribution in [-0.4, -0.2) is 77.0 Å². The number of rotatable bonds is 10. The van der Waals surface area contributed by atoms with Gasteiger partial charge in [0.2, 0.25) is 0 Å². The summed E-state index contributed by atoms with van der Waals surface area (Å²) < 4.78 is 22.1. The summed E-state index contributed by atoms with van der Waals surface area (Å²) >= 11 is 0. The maximum absolute atomic E-state index is 5.78. The second-order valence-electron chi connectivity index (χ2n) is 5.35. The highest BCUT2D eigenvalue weighted by Gasteiger charge is 2.28. The van der Waals surface area contributed by atoms with E-state index in [4.69, 9.17) is 24.7 Å². The van der Waals surface area contributed by atoms with Crippen molar-refractivity contribution in [3.8, 4) is 0 Å². The van der Waals surface area contributed by atoms with Gasteiger partial charge < -0.3 is 29.6 Å². The largest absolute Gasteiger partial charge is 0.378 e. The summed E-state index contributed by atoms with van der Waals surface area (Å²) in [7, 11) is 4.20. The van der Waals surface area contributed by atoms with Crippen molar-refractivity contribution in [3.63, 3.8) is 0 Å². The molecule has 0 aliphatic carbocycles. The van der Waals surface area contributed by atoms with Gasteiger partial charge in [-0.25, -0.2) is 0 Å². The lowest BCUT2D eigenvalue weighted by Crippen LogP contribution is -2.42. The third-order valence-electron chi connectivity index (χ3n) is 3.35. The minimum Gasteiger partial charge on any atom is -0.378 e. The molecule has 20 heavy (non-hydrogen) atoms. The topological polar surface area (TPSA) is 66.2 Å². The molecule has 0 aromatic rings. The molecule has 0 bridgehead atoms. The van der Waals surface area contributed by atoms with E-state index in [2.05, 4.69) is 25.9 Å². The van der Waals surface area contributed by atoms with Crippen molar-refractivity contribution in [2.75, 3.05) is 53.7 Å². The monoisotopic (exact) mass is 290 g/mol. The lowest BCUT2D eigenvalue weighted by atomic mass is 10.0. The summed E-state index contributed by atoms with van der Waals surface area (Å²) in [6, 6.07) is 0.523. The maximum Gasteiger partial charge on any atom is 0.159 e. The van der Waals surface area contributed by atoms with E-state index in [9.17, 15) is 0 Å². The average molecular weight is 290 g/mol. The fourth-order valence-corrected chi connectivity index (χ4v) is 2.24. The van der Waals surface area contributed by atoms with Crippen LogP contribution in [-0.2, 0) is 18.9 Å². The van der Waals surface area contributed by atoms with Crippen LogP contribution in [0.4, 0.5) is 0 Å². The van der Waals surface area contributed by atoms with Gasteiger partial charge in [0, 0.05) is 19.0 Å². The zero-order chi connectivity index (χ0) is 14.8. The first kappa shape index (κ1) is 17.8. The van der Waals surface area contributed by atoms with Crippen LogP contribution >= 0.6 is 0 Å². The fraction of sp³-hybridized carbons (Fsp3) is 1.00. The van der Waals surface area contributed by atoms with Gasteiger partial charge in [-0.2, -0.15) is 0 Å². The van der Waals surface area contributed by atoms with Gasteiger partial charge in [-0.05, 0) is 27.4 Å². The molecule has 1 saturated heterocycles. The molecule has 0 aromatic heterocycles. The first-order valence-electron chi connectivity index (χ1n) is 7.42. The number of hydrogen-bond donors (Lipinski definition) is 1. The standard InChI is InChI=1S/C14H30N2O4/c1-12-10-13(16(2)3)11-14(20-12)19-9-8-18-7-6-17-5-4-15/h12-14H,4-11,15H2,1-3H3. The van der Waals surface area contributed by atoms with Crippen LogP contribution in [0.1, 0.15) is 19.8 Å². The highest BCUT2D eigenvalue weighted by Crippen LogP contribution is 2.22. The molecule has 3 unspecified atom stereocenters. The Hall–Kier alpha value is -0.240. The summed E-state index contributed by atoms with van der Waals surface area (Å²) in [5, 5.41) is 0. The Kier molecular flexibility index (Phi) is 9.33. The van der Waals surface area contributed by atoms with Crippen molar-refractivity contribution in [1.29, 1.82) is 0 Å². The summed E-state index contributed by atoms with van der Waals surface area (Å²) in [6.07, 6.45) is 2.09. The lowest BCUT2D eigenvalue weighted by Gasteiger charge is -2.36. The maximum atomic E-state index is 5.78. The van der Waals surface area contributed by atoms with Crippen molar-refractivity contribution in [1.82, 2.24) is 4.90 Å². The van der Waals surface area contributed by atoms with Crippen LogP contribution in [0.2, 0.25) is 0 Å². The first-order chi connectivity index (χ1) is 9.63. The van der Waals surface area contributed by atoms with Crippen molar-refractivity contribution in [2.24, 2.45) is 5.73 Å². The number of nitrogens with two attached hydrogens (primary N) is 1. The summed E-state index contributed by atoms with van der Waals surface area (Å²) in [5.74, 6) is 0. The van der Waals surface area contributed by atoms with Gasteiger partial charge in [0.15, 0.2) is 6.29 Å². The molecule has 1 rings (SSSR count). The van der Waals surface area contributed by atoms with E-state index in [1.807, 2.05) is 0 Å². The smallest absolute Gasteiger partial charge is 0.159 e. The van der Waals surface area contributed by atoms with Gasteiger partial charge >= 0.3 is 0 Å². The zero-order valence-electron chi connectivity index (χ0n) is 13.0. The Morgan fingerprint density at radius 2 is 1.70 bits per heavy atom. The Morgan fingerprint density at radius 3 is 2.35 bits per heavy atom. The molecule has 0 spiro atoms. The van der Waals surface area contributed by atoms with E-state index in [1.165, 1.54) is 0 Å². The molecule has 6 heteroatoms. The molecule has 1 fully saturated rings. The van der Waals surface area contributed by atoms with E-state index in [1.54, 1.807) is 0 Å². The number of ether oxygens (including phenoxy) is 4. The van der Waals surface area contributed by atoms with E-state index < -0.39 is 0 Å². The molecule has 0 amide bonds. The summed E-state index contributed by atoms with van der Waals surface area (Å²) in [6.45, 7) is 5.49. The molecule has 1 heterocycles. The Balaban J connectivity index is 2.03. The Morgan fingerprint density at radius 1 is 1.05 bits per heavy atom. The van der Waals surface area contributed by atoms with Gasteiger partial charge in [-0.1, -0.05) is 0 Å². The van der Waals surface area contributed by atoms with Crippen molar-refractivity contribution in [3.05, 3.63) is 0 Å². The van der Waals surface area contributed by atoms with Gasteiger partial charge in [0.05, 0.1) is 39.1 Å². The summed E-state index contributed by atoms with van der Waals surface area (Å²) in [5.41, 5.74) is 5.31. The number of nitrogens with zero attached hydrogens (tertiary/aromatic N) is 1. The molecule has 0 saturated carbocycles. The second kappa shape index (κ2) is 10.5. The Labute approximate surface area is 122 Å². The van der Waals surface area contributed by atoms with Crippen molar-refractivity contribution < 1.29 is 18.9 Å². The molecule has 0 aromatic carbocycles. The van der Waals surface area contributed by atoms with E-state index in [0.29, 0.717) is 45.6 Å². The molecule has 2 N–H and O–H groups in total. The molecule has 0 radical (unpaired) electrons. The Bertz CT molecular complexity index is 241. The predicted octanol–water partition coefficient (Wildman–Crippen LogP) is 0.450. The van der Waals surface area contributed by atoms with Gasteiger partial charge in [0.1, 0.15) is 0 Å². The van der Waals surface area contributed by atoms with Crippen LogP contribution in [0.15, 0.2) is 0 Å². The number of hydrogen-bond acceptors (Lipinski definition) is 6. The lowest BCUT2D eigenvalue weighted by molar-refractivity contribution is -0.206. The predicted molar refractivity (Wildman–Crippen MR) is 77.7 cm³/mol. The highest BCUT2D eigenvalue weighted by molar-refractivity contribution is 4.76. The third-order valence-corrected chi connectivity index (χ3v) is 3.35. The van der Waals surface area contributed by atoms with Crippen LogP contribution < -0.4 is 5.73 Å². The quantitative estimate of drug-likeness (QED) is 0.589. The average Bonchev–Trinajstić information content (AvgIpc) is 2.41. The normalized spacial score (nSPS) is 27.1. The fourth-order valence-electron chi connectivity index (χ4n) is 2.24. The van der Waals surface area contributed by atoms with Crippen LogP contribution in [0.25, 0.3) is 0 Å². The SMILES string of the molecule is CC1CC(N(C)C)CC(OCCOCCOCCN)O1. The van der Waals surface area contributed by atoms with Gasteiger partial charge in [0.25, 0.3) is 0 Å². The molecule has 1 aliphatic rings. The van der Waals surface area contributed by atoms with E-state index >= 15 is 0 Å². The minimum absolute atomic E-state index is 0.122. The summed E-state index contributed by atoms with van der Waals surface area (Å²) in [4.78, 5) is 2.24. The zero-order valence-corrected chi connectivity index (χ0v) is 13.0. The highest BCUT2D eigenvalue weighted by atomic mass is 16.7. The van der Waals surface area contributed by atoms with Crippen molar-refractivity contribution in [2.45, 2.75) is 38.2 Å². The molecule has 1 aliphatic heterocycles.